The third-order valence-corrected chi connectivity index (χ3v) is 7.86. The number of nitro groups is 1. The first-order chi connectivity index (χ1) is 14.4. The molecule has 0 spiro atoms. The van der Waals surface area contributed by atoms with E-state index in [9.17, 15) is 18.5 Å². The van der Waals surface area contributed by atoms with Crippen molar-refractivity contribution in [2.75, 3.05) is 44.7 Å². The number of rotatable bonds is 5. The van der Waals surface area contributed by atoms with E-state index in [2.05, 4.69) is 4.90 Å². The number of piperazine rings is 1. The molecule has 30 heavy (non-hydrogen) atoms. The van der Waals surface area contributed by atoms with Gasteiger partial charge < -0.3 is 9.80 Å². The number of anilines is 1. The Morgan fingerprint density at radius 1 is 1.00 bits per heavy atom. The third-order valence-electron chi connectivity index (χ3n) is 5.91. The molecule has 9 heteroatoms. The Bertz CT molecular complexity index is 1020. The van der Waals surface area contributed by atoms with E-state index < -0.39 is 14.9 Å². The standard InChI is InChI=1S/C21H26N4O4S/c1-22-13-14-24(20(16-22)17-7-3-2-4-8-17)30(28,29)21-10-9-18(25(26)27)15-19(21)23-11-5-6-12-23/h2-4,7-10,15,20H,5-6,11-14,16H2,1H3. The average Bonchev–Trinajstić information content (AvgIpc) is 3.28. The molecule has 2 aliphatic rings. The van der Waals surface area contributed by atoms with Crippen LogP contribution < -0.4 is 4.90 Å². The van der Waals surface area contributed by atoms with Crippen molar-refractivity contribution in [2.45, 2.75) is 23.8 Å². The maximum absolute atomic E-state index is 13.8. The summed E-state index contributed by atoms with van der Waals surface area (Å²) < 4.78 is 29.3. The van der Waals surface area contributed by atoms with E-state index in [4.69, 9.17) is 0 Å². The Kier molecular flexibility index (Phi) is 5.77. The third kappa shape index (κ3) is 3.92. The largest absolute Gasteiger partial charge is 0.370 e. The molecule has 2 aliphatic heterocycles. The van der Waals surface area contributed by atoms with Crippen LogP contribution in [0.3, 0.4) is 0 Å². The van der Waals surface area contributed by atoms with Crippen LogP contribution in [0, 0.1) is 10.1 Å². The van der Waals surface area contributed by atoms with Crippen LogP contribution in [0.4, 0.5) is 11.4 Å². The second-order valence-electron chi connectivity index (χ2n) is 7.91. The lowest BCUT2D eigenvalue weighted by Gasteiger charge is -2.39. The summed E-state index contributed by atoms with van der Waals surface area (Å²) in [4.78, 5) is 15.1. The zero-order valence-electron chi connectivity index (χ0n) is 17.0. The van der Waals surface area contributed by atoms with Crippen molar-refractivity contribution in [1.82, 2.24) is 9.21 Å². The fourth-order valence-corrected chi connectivity index (χ4v) is 6.10. The molecule has 0 amide bonds. The van der Waals surface area contributed by atoms with Crippen molar-refractivity contribution >= 4 is 21.4 Å². The SMILES string of the molecule is CN1CCN(S(=O)(=O)c2ccc([N+](=O)[O-])cc2N2CCCC2)C(c2ccccc2)C1. The van der Waals surface area contributed by atoms with E-state index in [0.29, 0.717) is 38.4 Å². The molecule has 8 nitrogen and oxygen atoms in total. The first-order valence-electron chi connectivity index (χ1n) is 10.2. The number of hydrogen-bond donors (Lipinski definition) is 0. The molecule has 2 aromatic carbocycles. The summed E-state index contributed by atoms with van der Waals surface area (Å²) in [5, 5.41) is 11.3. The minimum absolute atomic E-state index is 0.0890. The van der Waals surface area contributed by atoms with Crippen LogP contribution in [-0.2, 0) is 10.0 Å². The van der Waals surface area contributed by atoms with Gasteiger partial charge in [0, 0.05) is 44.9 Å². The van der Waals surface area contributed by atoms with Crippen LogP contribution in [-0.4, -0.2) is 62.3 Å². The Balaban J connectivity index is 1.79. The number of sulfonamides is 1. The molecule has 160 valence electrons. The summed E-state index contributed by atoms with van der Waals surface area (Å²) >= 11 is 0. The van der Waals surface area contributed by atoms with Crippen LogP contribution >= 0.6 is 0 Å². The number of hydrogen-bond acceptors (Lipinski definition) is 6. The van der Waals surface area contributed by atoms with Gasteiger partial charge in [-0.1, -0.05) is 30.3 Å². The highest BCUT2D eigenvalue weighted by Gasteiger charge is 2.38. The Morgan fingerprint density at radius 3 is 2.37 bits per heavy atom. The van der Waals surface area contributed by atoms with E-state index in [0.717, 1.165) is 18.4 Å². The highest BCUT2D eigenvalue weighted by molar-refractivity contribution is 7.89. The van der Waals surface area contributed by atoms with Crippen molar-refractivity contribution in [2.24, 2.45) is 0 Å². The topological polar surface area (TPSA) is 87.0 Å². The fourth-order valence-electron chi connectivity index (χ4n) is 4.31. The molecule has 0 aromatic heterocycles. The summed E-state index contributed by atoms with van der Waals surface area (Å²) in [5.74, 6) is 0. The van der Waals surface area contributed by atoms with Gasteiger partial charge in [0.15, 0.2) is 0 Å². The van der Waals surface area contributed by atoms with Gasteiger partial charge in [-0.05, 0) is 31.5 Å². The number of nitro benzene ring substituents is 1. The number of benzene rings is 2. The highest BCUT2D eigenvalue weighted by Crippen LogP contribution is 2.37. The molecule has 2 saturated heterocycles. The van der Waals surface area contributed by atoms with E-state index in [1.54, 1.807) is 4.31 Å². The molecule has 4 rings (SSSR count). The molecule has 0 aliphatic carbocycles. The Morgan fingerprint density at radius 2 is 1.70 bits per heavy atom. The molecule has 0 bridgehead atoms. The lowest BCUT2D eigenvalue weighted by atomic mass is 10.1. The highest BCUT2D eigenvalue weighted by atomic mass is 32.2. The maximum atomic E-state index is 13.8. The predicted octanol–water partition coefficient (Wildman–Crippen LogP) is 2.87. The van der Waals surface area contributed by atoms with Crippen molar-refractivity contribution in [1.29, 1.82) is 0 Å². The summed E-state index contributed by atoms with van der Waals surface area (Å²) in [6.45, 7) is 3.00. The molecule has 2 fully saturated rings. The summed E-state index contributed by atoms with van der Waals surface area (Å²) in [5.41, 5.74) is 1.29. The zero-order chi connectivity index (χ0) is 21.3. The molecular weight excluding hydrogens is 404 g/mol. The zero-order valence-corrected chi connectivity index (χ0v) is 17.8. The van der Waals surface area contributed by atoms with Gasteiger partial charge in [-0.15, -0.1) is 0 Å². The molecular formula is C21H26N4O4S. The van der Waals surface area contributed by atoms with Gasteiger partial charge in [0.25, 0.3) is 5.69 Å². The second-order valence-corrected chi connectivity index (χ2v) is 9.77. The molecule has 0 radical (unpaired) electrons. The van der Waals surface area contributed by atoms with E-state index in [1.807, 2.05) is 42.3 Å². The monoisotopic (exact) mass is 430 g/mol. The summed E-state index contributed by atoms with van der Waals surface area (Å²) in [6.07, 6.45) is 1.90. The van der Waals surface area contributed by atoms with Crippen LogP contribution in [0.1, 0.15) is 24.4 Å². The number of likely N-dealkylation sites (N-methyl/N-ethyl adjacent to an activating group) is 1. The quantitative estimate of drug-likeness (QED) is 0.536. The average molecular weight is 431 g/mol. The molecule has 2 aromatic rings. The Hall–Kier alpha value is -2.49. The molecule has 0 N–H and O–H groups in total. The van der Waals surface area contributed by atoms with Gasteiger partial charge in [0.1, 0.15) is 4.90 Å². The molecule has 1 atom stereocenters. The van der Waals surface area contributed by atoms with Crippen LogP contribution in [0.25, 0.3) is 0 Å². The van der Waals surface area contributed by atoms with Crippen molar-refractivity contribution < 1.29 is 13.3 Å². The van der Waals surface area contributed by atoms with Gasteiger partial charge in [-0.2, -0.15) is 4.31 Å². The minimum atomic E-state index is -3.85. The van der Waals surface area contributed by atoms with Gasteiger partial charge in [0.2, 0.25) is 10.0 Å². The van der Waals surface area contributed by atoms with Crippen LogP contribution in [0.5, 0.6) is 0 Å². The second kappa shape index (κ2) is 8.33. The minimum Gasteiger partial charge on any atom is -0.370 e. The van der Waals surface area contributed by atoms with Crippen LogP contribution in [0.15, 0.2) is 53.4 Å². The summed E-state index contributed by atoms with van der Waals surface area (Å²) in [6, 6.07) is 13.4. The van der Waals surface area contributed by atoms with Crippen LogP contribution in [0.2, 0.25) is 0 Å². The van der Waals surface area contributed by atoms with Crippen molar-refractivity contribution in [3.63, 3.8) is 0 Å². The molecule has 0 saturated carbocycles. The van der Waals surface area contributed by atoms with Crippen molar-refractivity contribution in [3.8, 4) is 0 Å². The number of nitrogens with zero attached hydrogens (tertiary/aromatic N) is 4. The normalized spacial score (nSPS) is 21.1. The smallest absolute Gasteiger partial charge is 0.271 e. The Labute approximate surface area is 176 Å². The van der Waals surface area contributed by atoms with E-state index in [-0.39, 0.29) is 16.6 Å². The van der Waals surface area contributed by atoms with E-state index >= 15 is 0 Å². The van der Waals surface area contributed by atoms with E-state index in [1.165, 1.54) is 18.2 Å². The first-order valence-corrected chi connectivity index (χ1v) is 11.6. The fraction of sp³-hybridized carbons (Fsp3) is 0.429. The van der Waals surface area contributed by atoms with Gasteiger partial charge in [-0.3, -0.25) is 10.1 Å². The molecule has 2 heterocycles. The number of non-ortho nitro benzene ring substituents is 1. The van der Waals surface area contributed by atoms with Gasteiger partial charge in [0.05, 0.1) is 16.7 Å². The van der Waals surface area contributed by atoms with Gasteiger partial charge in [-0.25, -0.2) is 8.42 Å². The first kappa shape index (κ1) is 20.8. The predicted molar refractivity (Wildman–Crippen MR) is 115 cm³/mol. The lowest BCUT2D eigenvalue weighted by molar-refractivity contribution is -0.384. The molecule has 1 unspecified atom stereocenters. The lowest BCUT2D eigenvalue weighted by Crippen LogP contribution is -2.49. The summed E-state index contributed by atoms with van der Waals surface area (Å²) in [7, 11) is -1.86. The van der Waals surface area contributed by atoms with Crippen molar-refractivity contribution in [3.05, 3.63) is 64.2 Å². The maximum Gasteiger partial charge on any atom is 0.271 e. The van der Waals surface area contributed by atoms with Gasteiger partial charge >= 0.3 is 0 Å².